The van der Waals surface area contributed by atoms with E-state index < -0.39 is 39.9 Å². The third-order valence-electron chi connectivity index (χ3n) is 6.46. The van der Waals surface area contributed by atoms with E-state index in [0.29, 0.717) is 12.8 Å². The number of carbonyl (C=O) groups is 2. The van der Waals surface area contributed by atoms with Crippen molar-refractivity contribution in [3.05, 3.63) is 28.2 Å². The van der Waals surface area contributed by atoms with Crippen LogP contribution in [0.4, 0.5) is 0 Å². The maximum atomic E-state index is 13.1. The van der Waals surface area contributed by atoms with E-state index in [1.54, 1.807) is 0 Å². The molecule has 0 radical (unpaired) electrons. The molecule has 1 heterocycles. The second-order valence-corrected chi connectivity index (χ2v) is 10.9. The zero-order chi connectivity index (χ0) is 20.9. The predicted molar refractivity (Wildman–Crippen MR) is 107 cm³/mol. The zero-order valence-electron chi connectivity index (χ0n) is 15.6. The van der Waals surface area contributed by atoms with Crippen molar-refractivity contribution in [2.24, 2.45) is 17.8 Å². The first-order valence-electron chi connectivity index (χ1n) is 9.69. The molecule has 29 heavy (non-hydrogen) atoms. The summed E-state index contributed by atoms with van der Waals surface area (Å²) in [5.74, 6) is -1.70. The molecular formula is C19H22Cl2N2O5S. The van der Waals surface area contributed by atoms with E-state index in [0.717, 1.165) is 19.3 Å². The molecule has 3 aliphatic rings. The topological polar surface area (TPSA) is 104 Å². The minimum Gasteiger partial charge on any atom is -0.481 e. The lowest BCUT2D eigenvalue weighted by atomic mass is 9.84. The van der Waals surface area contributed by atoms with Gasteiger partial charge in [0.15, 0.2) is 0 Å². The summed E-state index contributed by atoms with van der Waals surface area (Å²) in [6.45, 7) is 0.212. The van der Waals surface area contributed by atoms with Crippen LogP contribution in [0.2, 0.25) is 10.0 Å². The summed E-state index contributed by atoms with van der Waals surface area (Å²) in [6, 6.07) is 2.76. The highest BCUT2D eigenvalue weighted by molar-refractivity contribution is 7.89. The molecule has 2 N–H and O–H groups in total. The Labute approximate surface area is 179 Å². The van der Waals surface area contributed by atoms with E-state index in [1.165, 1.54) is 22.5 Å². The standard InChI is InChI=1S/C19H22Cl2N2O5S/c20-12-7-13(21)9-14(8-12)29(27,28)23-5-1-2-15(23)18(24)22-17-11-4-3-10(6-11)16(17)19(25)26/h7-11,15-17H,1-6H2,(H,22,24)(H,25,26)/t10?,11?,15-,16?,17+/m0/s1. The van der Waals surface area contributed by atoms with Crippen molar-refractivity contribution in [1.82, 2.24) is 9.62 Å². The van der Waals surface area contributed by atoms with Crippen molar-refractivity contribution >= 4 is 45.1 Å². The third kappa shape index (κ3) is 3.76. The molecule has 1 aromatic carbocycles. The second-order valence-electron chi connectivity index (χ2n) is 8.11. The molecule has 1 amide bonds. The van der Waals surface area contributed by atoms with Gasteiger partial charge >= 0.3 is 5.97 Å². The highest BCUT2D eigenvalue weighted by Crippen LogP contribution is 2.48. The van der Waals surface area contributed by atoms with Gasteiger partial charge in [0, 0.05) is 22.6 Å². The Bertz CT molecular complexity index is 934. The van der Waals surface area contributed by atoms with E-state index >= 15 is 0 Å². The molecule has 10 heteroatoms. The third-order valence-corrected chi connectivity index (χ3v) is 8.78. The molecule has 3 unspecified atom stereocenters. The molecule has 4 rings (SSSR count). The number of amides is 1. The van der Waals surface area contributed by atoms with Crippen LogP contribution < -0.4 is 5.32 Å². The first-order chi connectivity index (χ1) is 13.7. The van der Waals surface area contributed by atoms with Crippen molar-refractivity contribution in [3.8, 4) is 0 Å². The van der Waals surface area contributed by atoms with Gasteiger partial charge in [-0.2, -0.15) is 4.31 Å². The Morgan fingerprint density at radius 3 is 2.38 bits per heavy atom. The molecule has 1 aromatic rings. The van der Waals surface area contributed by atoms with Crippen LogP contribution >= 0.6 is 23.2 Å². The molecule has 1 aliphatic heterocycles. The number of fused-ring (bicyclic) bond motifs is 2. The van der Waals surface area contributed by atoms with Crippen LogP contribution in [0.25, 0.3) is 0 Å². The molecule has 0 spiro atoms. The van der Waals surface area contributed by atoms with Gasteiger partial charge in [0.2, 0.25) is 15.9 Å². The number of carboxylic acids is 1. The number of aliphatic carboxylic acids is 1. The fourth-order valence-electron chi connectivity index (χ4n) is 5.22. The minimum atomic E-state index is -3.96. The second kappa shape index (κ2) is 7.72. The van der Waals surface area contributed by atoms with Gasteiger partial charge in [0.25, 0.3) is 0 Å². The number of nitrogens with zero attached hydrogens (tertiary/aromatic N) is 1. The number of nitrogens with one attached hydrogen (secondary N) is 1. The van der Waals surface area contributed by atoms with Crippen molar-refractivity contribution < 1.29 is 23.1 Å². The van der Waals surface area contributed by atoms with Crippen LogP contribution in [0.5, 0.6) is 0 Å². The molecule has 3 fully saturated rings. The maximum absolute atomic E-state index is 13.1. The fraction of sp³-hybridized carbons (Fsp3) is 0.579. The number of benzene rings is 1. The summed E-state index contributed by atoms with van der Waals surface area (Å²) < 4.78 is 27.4. The molecular weight excluding hydrogens is 439 g/mol. The molecule has 158 valence electrons. The molecule has 2 bridgehead atoms. The van der Waals surface area contributed by atoms with E-state index in [2.05, 4.69) is 5.32 Å². The predicted octanol–water partition coefficient (Wildman–Crippen LogP) is 2.76. The number of hydrogen-bond donors (Lipinski definition) is 2. The van der Waals surface area contributed by atoms with E-state index in [9.17, 15) is 23.1 Å². The minimum absolute atomic E-state index is 0.0574. The molecule has 2 saturated carbocycles. The van der Waals surface area contributed by atoms with Crippen molar-refractivity contribution in [3.63, 3.8) is 0 Å². The fourth-order valence-corrected chi connectivity index (χ4v) is 7.60. The Balaban J connectivity index is 1.55. The number of carboxylic acid groups (broad SMARTS) is 1. The van der Waals surface area contributed by atoms with Crippen LogP contribution in [-0.4, -0.2) is 48.3 Å². The Hall–Kier alpha value is -1.35. The molecule has 2 aliphatic carbocycles. The van der Waals surface area contributed by atoms with E-state index in [-0.39, 0.29) is 33.3 Å². The normalized spacial score (nSPS) is 31.9. The summed E-state index contributed by atoms with van der Waals surface area (Å²) in [4.78, 5) is 24.6. The van der Waals surface area contributed by atoms with Gasteiger partial charge in [-0.25, -0.2) is 8.42 Å². The Morgan fingerprint density at radius 2 is 1.72 bits per heavy atom. The molecule has 1 saturated heterocycles. The van der Waals surface area contributed by atoms with Gasteiger partial charge in [-0.15, -0.1) is 0 Å². The summed E-state index contributed by atoms with van der Waals surface area (Å²) in [5, 5.41) is 12.9. The lowest BCUT2D eigenvalue weighted by Crippen LogP contribution is -2.53. The Morgan fingerprint density at radius 1 is 1.07 bits per heavy atom. The lowest BCUT2D eigenvalue weighted by Gasteiger charge is -2.31. The van der Waals surface area contributed by atoms with Gasteiger partial charge in [-0.05, 0) is 62.1 Å². The van der Waals surface area contributed by atoms with Gasteiger partial charge < -0.3 is 10.4 Å². The summed E-state index contributed by atoms with van der Waals surface area (Å²) in [5.41, 5.74) is 0. The smallest absolute Gasteiger partial charge is 0.308 e. The zero-order valence-corrected chi connectivity index (χ0v) is 17.9. The lowest BCUT2D eigenvalue weighted by molar-refractivity contribution is -0.144. The van der Waals surface area contributed by atoms with Crippen LogP contribution in [0, 0.1) is 17.8 Å². The van der Waals surface area contributed by atoms with Crippen LogP contribution in [0.3, 0.4) is 0 Å². The molecule has 7 nitrogen and oxygen atoms in total. The van der Waals surface area contributed by atoms with Gasteiger partial charge in [-0.1, -0.05) is 23.2 Å². The first kappa shape index (κ1) is 20.9. The van der Waals surface area contributed by atoms with E-state index in [4.69, 9.17) is 23.2 Å². The highest BCUT2D eigenvalue weighted by Gasteiger charge is 2.52. The van der Waals surface area contributed by atoms with Crippen molar-refractivity contribution in [2.45, 2.75) is 49.1 Å². The number of halogens is 2. The van der Waals surface area contributed by atoms with Crippen molar-refractivity contribution in [2.75, 3.05) is 6.54 Å². The van der Waals surface area contributed by atoms with Crippen molar-refractivity contribution in [1.29, 1.82) is 0 Å². The number of carbonyl (C=O) groups excluding carboxylic acids is 1. The summed E-state index contributed by atoms with van der Waals surface area (Å²) >= 11 is 11.9. The largest absolute Gasteiger partial charge is 0.481 e. The van der Waals surface area contributed by atoms with Crippen LogP contribution in [-0.2, 0) is 19.6 Å². The summed E-state index contributed by atoms with van der Waals surface area (Å²) in [7, 11) is -3.96. The molecule has 5 atom stereocenters. The average Bonchev–Trinajstić information content (AvgIpc) is 3.36. The number of sulfonamides is 1. The SMILES string of the molecule is O=C(O)C1C2CCC(C2)[C@H]1NC(=O)[C@@H]1CCCN1S(=O)(=O)c1cc(Cl)cc(Cl)c1. The number of rotatable bonds is 5. The Kier molecular flexibility index (Phi) is 5.57. The van der Waals surface area contributed by atoms with Gasteiger partial charge in [0.1, 0.15) is 6.04 Å². The monoisotopic (exact) mass is 460 g/mol. The van der Waals surface area contributed by atoms with Crippen LogP contribution in [0.15, 0.2) is 23.1 Å². The number of hydrogen-bond acceptors (Lipinski definition) is 4. The highest BCUT2D eigenvalue weighted by atomic mass is 35.5. The maximum Gasteiger partial charge on any atom is 0.308 e. The average molecular weight is 461 g/mol. The van der Waals surface area contributed by atoms with Gasteiger partial charge in [0.05, 0.1) is 10.8 Å². The summed E-state index contributed by atoms with van der Waals surface area (Å²) in [6.07, 6.45) is 3.50. The molecule has 0 aromatic heterocycles. The van der Waals surface area contributed by atoms with E-state index in [1.807, 2.05) is 0 Å². The van der Waals surface area contributed by atoms with Crippen LogP contribution in [0.1, 0.15) is 32.1 Å². The van der Waals surface area contributed by atoms with Gasteiger partial charge in [-0.3, -0.25) is 9.59 Å². The first-order valence-corrected chi connectivity index (χ1v) is 11.9. The quantitative estimate of drug-likeness (QED) is 0.702.